The Labute approximate surface area is 127 Å². The Morgan fingerprint density at radius 1 is 1.24 bits per heavy atom. The highest BCUT2D eigenvalue weighted by Crippen LogP contribution is 2.20. The number of nitrogens with zero attached hydrogens (tertiary/aromatic N) is 1. The van der Waals surface area contributed by atoms with Crippen LogP contribution in [-0.4, -0.2) is 32.2 Å². The fourth-order valence-electron chi connectivity index (χ4n) is 2.75. The molecule has 0 bridgehead atoms. The second-order valence-electron chi connectivity index (χ2n) is 5.99. The first-order valence-corrected chi connectivity index (χ1v) is 7.77. The molecule has 0 radical (unpaired) electrons. The van der Waals surface area contributed by atoms with Gasteiger partial charge < -0.3 is 15.0 Å². The van der Waals surface area contributed by atoms with E-state index in [9.17, 15) is 4.79 Å². The van der Waals surface area contributed by atoms with Gasteiger partial charge in [0.05, 0.1) is 7.11 Å². The minimum absolute atomic E-state index is 0.196. The highest BCUT2D eigenvalue weighted by atomic mass is 16.5. The van der Waals surface area contributed by atoms with Gasteiger partial charge in [-0.3, -0.25) is 4.79 Å². The number of esters is 1. The first kappa shape index (κ1) is 15.8. The SMILES string of the molecule is COC(=O)[C@@H](NCc1ccc(N2CCCC2)cc1)C(C)C. The van der Waals surface area contributed by atoms with Crippen LogP contribution in [0.25, 0.3) is 0 Å². The molecule has 1 saturated heterocycles. The molecule has 2 rings (SSSR count). The van der Waals surface area contributed by atoms with Crippen molar-refractivity contribution in [3.8, 4) is 0 Å². The van der Waals surface area contributed by atoms with Crippen LogP contribution in [0.3, 0.4) is 0 Å². The molecule has 0 aromatic heterocycles. The third-order valence-corrected chi connectivity index (χ3v) is 4.06. The van der Waals surface area contributed by atoms with E-state index in [4.69, 9.17) is 4.74 Å². The van der Waals surface area contributed by atoms with E-state index in [1.54, 1.807) is 0 Å². The summed E-state index contributed by atoms with van der Waals surface area (Å²) in [5.41, 5.74) is 2.48. The molecule has 1 fully saturated rings. The van der Waals surface area contributed by atoms with E-state index in [2.05, 4.69) is 34.5 Å². The van der Waals surface area contributed by atoms with Crippen LogP contribution in [0.1, 0.15) is 32.3 Å². The van der Waals surface area contributed by atoms with Gasteiger partial charge in [-0.1, -0.05) is 26.0 Å². The molecule has 116 valence electrons. The van der Waals surface area contributed by atoms with Crippen LogP contribution >= 0.6 is 0 Å². The molecule has 4 nitrogen and oxygen atoms in total. The average molecular weight is 290 g/mol. The van der Waals surface area contributed by atoms with E-state index in [0.29, 0.717) is 6.54 Å². The summed E-state index contributed by atoms with van der Waals surface area (Å²) in [6.07, 6.45) is 2.58. The minimum atomic E-state index is -0.256. The summed E-state index contributed by atoms with van der Waals surface area (Å²) >= 11 is 0. The fourth-order valence-corrected chi connectivity index (χ4v) is 2.75. The van der Waals surface area contributed by atoms with Crippen molar-refractivity contribution in [2.45, 2.75) is 39.3 Å². The Hall–Kier alpha value is -1.55. The largest absolute Gasteiger partial charge is 0.468 e. The van der Waals surface area contributed by atoms with E-state index < -0.39 is 0 Å². The van der Waals surface area contributed by atoms with Crippen molar-refractivity contribution in [3.05, 3.63) is 29.8 Å². The number of nitrogens with one attached hydrogen (secondary N) is 1. The van der Waals surface area contributed by atoms with Gasteiger partial charge in [-0.25, -0.2) is 0 Å². The summed E-state index contributed by atoms with van der Waals surface area (Å²) in [6.45, 7) is 7.04. The molecule has 0 spiro atoms. The molecule has 1 aromatic rings. The lowest BCUT2D eigenvalue weighted by molar-refractivity contribution is -0.144. The number of anilines is 1. The van der Waals surface area contributed by atoms with Crippen LogP contribution in [0.4, 0.5) is 5.69 Å². The van der Waals surface area contributed by atoms with Gasteiger partial charge in [-0.2, -0.15) is 0 Å². The van der Waals surface area contributed by atoms with Crippen molar-refractivity contribution in [2.24, 2.45) is 5.92 Å². The Morgan fingerprint density at radius 3 is 2.38 bits per heavy atom. The first-order valence-electron chi connectivity index (χ1n) is 7.77. The molecular weight excluding hydrogens is 264 g/mol. The monoisotopic (exact) mass is 290 g/mol. The number of rotatable bonds is 6. The lowest BCUT2D eigenvalue weighted by Gasteiger charge is -2.21. The summed E-state index contributed by atoms with van der Waals surface area (Å²) in [6, 6.07) is 8.36. The van der Waals surface area contributed by atoms with E-state index >= 15 is 0 Å². The summed E-state index contributed by atoms with van der Waals surface area (Å²) in [5, 5.41) is 3.29. The van der Waals surface area contributed by atoms with Crippen molar-refractivity contribution in [3.63, 3.8) is 0 Å². The van der Waals surface area contributed by atoms with Crippen molar-refractivity contribution in [1.29, 1.82) is 0 Å². The van der Waals surface area contributed by atoms with Gasteiger partial charge in [-0.05, 0) is 36.5 Å². The molecule has 21 heavy (non-hydrogen) atoms. The smallest absolute Gasteiger partial charge is 0.323 e. The fraction of sp³-hybridized carbons (Fsp3) is 0.588. The number of carbonyl (C=O) groups excluding carboxylic acids is 1. The maximum absolute atomic E-state index is 11.7. The lowest BCUT2D eigenvalue weighted by Crippen LogP contribution is -2.41. The number of carbonyl (C=O) groups is 1. The quantitative estimate of drug-likeness (QED) is 0.818. The lowest BCUT2D eigenvalue weighted by atomic mass is 10.0. The summed E-state index contributed by atoms with van der Waals surface area (Å²) in [7, 11) is 1.43. The molecular formula is C17H26N2O2. The number of methoxy groups -OCH3 is 1. The summed E-state index contributed by atoms with van der Waals surface area (Å²) < 4.78 is 4.84. The number of hydrogen-bond acceptors (Lipinski definition) is 4. The van der Waals surface area contributed by atoms with E-state index in [0.717, 1.165) is 13.1 Å². The molecule has 0 unspecified atom stereocenters. The molecule has 1 aromatic carbocycles. The maximum atomic E-state index is 11.7. The van der Waals surface area contributed by atoms with Crippen LogP contribution in [0, 0.1) is 5.92 Å². The van der Waals surface area contributed by atoms with Crippen LogP contribution in [-0.2, 0) is 16.1 Å². The molecule has 1 atom stereocenters. The van der Waals surface area contributed by atoms with Gasteiger partial charge in [0.25, 0.3) is 0 Å². The van der Waals surface area contributed by atoms with Crippen LogP contribution in [0.5, 0.6) is 0 Å². The third kappa shape index (κ3) is 4.21. The summed E-state index contributed by atoms with van der Waals surface area (Å²) in [5.74, 6) is 0.0139. The Bertz CT molecular complexity index is 450. The van der Waals surface area contributed by atoms with E-state index in [1.807, 2.05) is 13.8 Å². The van der Waals surface area contributed by atoms with E-state index in [-0.39, 0.29) is 17.9 Å². The zero-order valence-electron chi connectivity index (χ0n) is 13.3. The van der Waals surface area contributed by atoms with Gasteiger partial charge in [-0.15, -0.1) is 0 Å². The van der Waals surface area contributed by atoms with Crippen LogP contribution in [0.15, 0.2) is 24.3 Å². The standard InChI is InChI=1S/C17H26N2O2/c1-13(2)16(17(20)21-3)18-12-14-6-8-15(9-7-14)19-10-4-5-11-19/h6-9,13,16,18H,4-5,10-12H2,1-3H3/t16-/m0/s1. The Morgan fingerprint density at radius 2 is 1.86 bits per heavy atom. The van der Waals surface area contributed by atoms with Crippen LogP contribution < -0.4 is 10.2 Å². The van der Waals surface area contributed by atoms with Gasteiger partial charge in [0.1, 0.15) is 6.04 Å². The zero-order valence-corrected chi connectivity index (χ0v) is 13.3. The number of hydrogen-bond donors (Lipinski definition) is 1. The molecule has 0 saturated carbocycles. The second kappa shape index (κ2) is 7.46. The molecule has 1 aliphatic heterocycles. The molecule has 0 amide bonds. The topological polar surface area (TPSA) is 41.6 Å². The van der Waals surface area contributed by atoms with E-state index in [1.165, 1.54) is 31.2 Å². The van der Waals surface area contributed by atoms with Crippen molar-refractivity contribution < 1.29 is 9.53 Å². The normalized spacial score (nSPS) is 16.3. The molecule has 1 heterocycles. The van der Waals surface area contributed by atoms with Crippen LogP contribution in [0.2, 0.25) is 0 Å². The molecule has 4 heteroatoms. The summed E-state index contributed by atoms with van der Waals surface area (Å²) in [4.78, 5) is 14.1. The zero-order chi connectivity index (χ0) is 15.2. The molecule has 1 N–H and O–H groups in total. The predicted molar refractivity (Wildman–Crippen MR) is 85.4 cm³/mol. The third-order valence-electron chi connectivity index (χ3n) is 4.06. The predicted octanol–water partition coefficient (Wildman–Crippen LogP) is 2.57. The Balaban J connectivity index is 1.91. The maximum Gasteiger partial charge on any atom is 0.323 e. The minimum Gasteiger partial charge on any atom is -0.468 e. The van der Waals surface area contributed by atoms with Gasteiger partial charge in [0, 0.05) is 25.3 Å². The molecule has 0 aliphatic carbocycles. The Kier molecular flexibility index (Phi) is 5.62. The molecule has 1 aliphatic rings. The number of ether oxygens (including phenoxy) is 1. The first-order chi connectivity index (χ1) is 10.1. The van der Waals surface area contributed by atoms with Crippen molar-refractivity contribution >= 4 is 11.7 Å². The van der Waals surface area contributed by atoms with Crippen molar-refractivity contribution in [1.82, 2.24) is 5.32 Å². The highest BCUT2D eigenvalue weighted by Gasteiger charge is 2.22. The second-order valence-corrected chi connectivity index (χ2v) is 5.99. The highest BCUT2D eigenvalue weighted by molar-refractivity contribution is 5.75. The van der Waals surface area contributed by atoms with Gasteiger partial charge in [0.15, 0.2) is 0 Å². The van der Waals surface area contributed by atoms with Gasteiger partial charge in [0.2, 0.25) is 0 Å². The van der Waals surface area contributed by atoms with Gasteiger partial charge >= 0.3 is 5.97 Å². The average Bonchev–Trinajstić information content (AvgIpc) is 3.01. The number of benzene rings is 1. The van der Waals surface area contributed by atoms with Crippen molar-refractivity contribution in [2.75, 3.05) is 25.1 Å².